The molecule has 4 aliphatic rings. The predicted molar refractivity (Wildman–Crippen MR) is 122 cm³/mol. The van der Waals surface area contributed by atoms with Crippen molar-refractivity contribution in [2.45, 2.75) is 51.1 Å². The number of nitriles is 2. The number of aromatic nitrogens is 2. The first-order chi connectivity index (χ1) is 15.8. The largest absolute Gasteiger partial charge is 0.437 e. The number of carbonyl (C=O) groups excluding carboxylic acids is 1. The molecule has 3 aliphatic carbocycles. The molecule has 0 radical (unpaired) electrons. The summed E-state index contributed by atoms with van der Waals surface area (Å²) in [4.78, 5) is 21.6. The van der Waals surface area contributed by atoms with Gasteiger partial charge >= 0.3 is 0 Å². The molecule has 3 saturated carbocycles. The van der Waals surface area contributed by atoms with Crippen molar-refractivity contribution in [2.24, 2.45) is 5.41 Å². The van der Waals surface area contributed by atoms with E-state index in [0.29, 0.717) is 28.7 Å². The Balaban J connectivity index is 1.52. The summed E-state index contributed by atoms with van der Waals surface area (Å²) in [6, 6.07) is 7.68. The quantitative estimate of drug-likeness (QED) is 0.599. The number of nitrogens with one attached hydrogen (secondary N) is 2. The van der Waals surface area contributed by atoms with Crippen LogP contribution in [-0.2, 0) is 6.42 Å². The first-order valence-electron chi connectivity index (χ1n) is 10.8. The molecule has 8 nitrogen and oxygen atoms in total. The Morgan fingerprint density at radius 1 is 1.33 bits per heavy atom. The number of carbonyl (C=O) groups is 1. The lowest BCUT2D eigenvalue weighted by atomic mass is 9.40. The van der Waals surface area contributed by atoms with Crippen molar-refractivity contribution >= 4 is 29.5 Å². The molecule has 33 heavy (non-hydrogen) atoms. The number of fused-ring (bicyclic) bond motifs is 1. The van der Waals surface area contributed by atoms with Crippen molar-refractivity contribution in [2.75, 3.05) is 5.32 Å². The van der Waals surface area contributed by atoms with Crippen LogP contribution in [0.4, 0.5) is 5.95 Å². The third-order valence-corrected chi connectivity index (χ3v) is 6.90. The predicted octanol–water partition coefficient (Wildman–Crippen LogP) is 4.68. The molecule has 1 unspecified atom stereocenters. The van der Waals surface area contributed by atoms with Crippen LogP contribution < -0.4 is 15.4 Å². The standard InChI is InChI=1S/C24H21ClN6O2/c1-3-15-7-14(5-4-6-26)8-16(25)19(15)33-21-17-13(2)28-20(32)18(17)29-22(30-21)31-24-9-23(10-24,11-24)12-27/h4-5,7-8,13H,3,9-11H2,1-2H3,(H,28,32)(H,29,30,31)/b5-4+. The van der Waals surface area contributed by atoms with Gasteiger partial charge in [0.05, 0.1) is 34.2 Å². The van der Waals surface area contributed by atoms with Crippen LogP contribution in [0.25, 0.3) is 6.08 Å². The van der Waals surface area contributed by atoms with Crippen LogP contribution in [0.15, 0.2) is 18.2 Å². The smallest absolute Gasteiger partial charge is 0.271 e. The lowest BCUT2D eigenvalue weighted by Gasteiger charge is -2.66. The summed E-state index contributed by atoms with van der Waals surface area (Å²) >= 11 is 6.56. The van der Waals surface area contributed by atoms with Gasteiger partial charge in [-0.3, -0.25) is 4.79 Å². The van der Waals surface area contributed by atoms with Gasteiger partial charge in [0.25, 0.3) is 5.91 Å². The summed E-state index contributed by atoms with van der Waals surface area (Å²) in [6.45, 7) is 3.83. The third kappa shape index (κ3) is 3.39. The first-order valence-corrected chi connectivity index (χ1v) is 11.2. The molecule has 9 heteroatoms. The molecule has 2 aromatic rings. The highest BCUT2D eigenvalue weighted by atomic mass is 35.5. The van der Waals surface area contributed by atoms with E-state index >= 15 is 0 Å². The number of hydrogen-bond donors (Lipinski definition) is 2. The van der Waals surface area contributed by atoms with Crippen LogP contribution in [-0.4, -0.2) is 21.4 Å². The average Bonchev–Trinajstić information content (AvgIpc) is 3.03. The van der Waals surface area contributed by atoms with Gasteiger partial charge in [-0.1, -0.05) is 18.5 Å². The molecule has 1 aromatic carbocycles. The molecule has 1 aromatic heterocycles. The Labute approximate surface area is 196 Å². The molecule has 2 heterocycles. The minimum absolute atomic E-state index is 0.192. The lowest BCUT2D eigenvalue weighted by Crippen LogP contribution is -2.70. The number of rotatable bonds is 6. The van der Waals surface area contributed by atoms with Crippen molar-refractivity contribution in [3.8, 4) is 23.8 Å². The van der Waals surface area contributed by atoms with E-state index in [1.165, 1.54) is 6.08 Å². The number of hydrogen-bond acceptors (Lipinski definition) is 7. The van der Waals surface area contributed by atoms with Gasteiger partial charge in [0.1, 0.15) is 5.69 Å². The molecule has 0 spiro atoms. The first kappa shape index (κ1) is 21.2. The molecule has 2 N–H and O–H groups in total. The Morgan fingerprint density at radius 3 is 2.76 bits per heavy atom. The molecule has 6 rings (SSSR count). The number of benzene rings is 1. The summed E-state index contributed by atoms with van der Waals surface area (Å²) in [5.74, 6) is 0.757. The van der Waals surface area contributed by atoms with Crippen LogP contribution in [0.5, 0.6) is 11.6 Å². The van der Waals surface area contributed by atoms with Crippen LogP contribution in [0.2, 0.25) is 5.02 Å². The number of halogens is 1. The van der Waals surface area contributed by atoms with E-state index in [1.54, 1.807) is 12.1 Å². The number of nitrogens with zero attached hydrogens (tertiary/aromatic N) is 4. The normalized spacial score (nSPS) is 26.5. The number of amides is 1. The maximum atomic E-state index is 12.5. The summed E-state index contributed by atoms with van der Waals surface area (Å²) in [5, 5.41) is 24.7. The van der Waals surface area contributed by atoms with Gasteiger partial charge in [-0.05, 0) is 61.9 Å². The molecule has 0 saturated heterocycles. The summed E-state index contributed by atoms with van der Waals surface area (Å²) < 4.78 is 6.26. The minimum Gasteiger partial charge on any atom is -0.437 e. The average molecular weight is 461 g/mol. The van der Waals surface area contributed by atoms with E-state index in [0.717, 1.165) is 30.4 Å². The molecular formula is C24H21ClN6O2. The van der Waals surface area contributed by atoms with Crippen molar-refractivity contribution in [1.29, 1.82) is 10.5 Å². The van der Waals surface area contributed by atoms with E-state index in [4.69, 9.17) is 21.6 Å². The van der Waals surface area contributed by atoms with Crippen molar-refractivity contribution in [3.63, 3.8) is 0 Å². The van der Waals surface area contributed by atoms with Crippen molar-refractivity contribution in [1.82, 2.24) is 15.3 Å². The highest BCUT2D eigenvalue weighted by Crippen LogP contribution is 2.67. The maximum Gasteiger partial charge on any atom is 0.271 e. The zero-order valence-corrected chi connectivity index (χ0v) is 19.0. The Hall–Kier alpha value is -3.62. The molecular weight excluding hydrogens is 440 g/mol. The van der Waals surface area contributed by atoms with Crippen LogP contribution >= 0.6 is 11.6 Å². The van der Waals surface area contributed by atoms with E-state index in [-0.39, 0.29) is 34.5 Å². The fraction of sp³-hybridized carbons (Fsp3) is 0.375. The van der Waals surface area contributed by atoms with Gasteiger partial charge in [0.2, 0.25) is 11.8 Å². The van der Waals surface area contributed by atoms with Gasteiger partial charge in [0.15, 0.2) is 5.75 Å². The molecule has 3 fully saturated rings. The Morgan fingerprint density at radius 2 is 2.09 bits per heavy atom. The number of anilines is 1. The monoisotopic (exact) mass is 460 g/mol. The highest BCUT2D eigenvalue weighted by Gasteiger charge is 2.69. The second-order valence-electron chi connectivity index (χ2n) is 9.05. The molecule has 1 atom stereocenters. The molecule has 1 amide bonds. The molecule has 166 valence electrons. The van der Waals surface area contributed by atoms with Gasteiger partial charge in [-0.15, -0.1) is 0 Å². The van der Waals surface area contributed by atoms with Gasteiger partial charge in [-0.2, -0.15) is 15.5 Å². The van der Waals surface area contributed by atoms with Crippen molar-refractivity contribution < 1.29 is 9.53 Å². The Bertz CT molecular complexity index is 1290. The maximum absolute atomic E-state index is 12.5. The fourth-order valence-corrected chi connectivity index (χ4v) is 5.42. The van der Waals surface area contributed by atoms with Gasteiger partial charge < -0.3 is 15.4 Å². The highest BCUT2D eigenvalue weighted by molar-refractivity contribution is 6.32. The van der Waals surface area contributed by atoms with Crippen molar-refractivity contribution in [3.05, 3.63) is 45.6 Å². The van der Waals surface area contributed by atoms with Crippen LogP contribution in [0.3, 0.4) is 0 Å². The molecule has 2 bridgehead atoms. The lowest BCUT2D eigenvalue weighted by molar-refractivity contribution is -0.0665. The number of allylic oxidation sites excluding steroid dienone is 1. The summed E-state index contributed by atoms with van der Waals surface area (Å²) in [7, 11) is 0. The Kier molecular flexibility index (Phi) is 4.81. The second-order valence-corrected chi connectivity index (χ2v) is 9.45. The van der Waals surface area contributed by atoms with E-state index in [2.05, 4.69) is 26.7 Å². The van der Waals surface area contributed by atoms with Crippen LogP contribution in [0.1, 0.15) is 66.3 Å². The van der Waals surface area contributed by atoms with E-state index in [1.807, 2.05) is 26.0 Å². The summed E-state index contributed by atoms with van der Waals surface area (Å²) in [6.07, 6.45) is 5.97. The van der Waals surface area contributed by atoms with E-state index < -0.39 is 0 Å². The van der Waals surface area contributed by atoms with Gasteiger partial charge in [-0.25, -0.2) is 4.98 Å². The number of ether oxygens (including phenoxy) is 1. The summed E-state index contributed by atoms with van der Waals surface area (Å²) in [5.41, 5.74) is 2.09. The molecule has 1 aliphatic heterocycles. The SMILES string of the molecule is CCc1cc(/C=C/C#N)cc(Cl)c1Oc1nc(NC23CC(C#N)(C2)C3)nc2c1C(C)NC2=O. The van der Waals surface area contributed by atoms with Crippen LogP contribution in [0, 0.1) is 28.1 Å². The van der Waals surface area contributed by atoms with Gasteiger partial charge in [0, 0.05) is 11.6 Å². The fourth-order valence-electron chi connectivity index (χ4n) is 5.14. The topological polar surface area (TPSA) is 124 Å². The number of aryl methyl sites for hydroxylation is 1. The zero-order valence-electron chi connectivity index (χ0n) is 18.2. The second kappa shape index (κ2) is 7.47. The third-order valence-electron chi connectivity index (χ3n) is 6.62. The van der Waals surface area contributed by atoms with E-state index in [9.17, 15) is 10.1 Å². The minimum atomic E-state index is -0.310. The zero-order chi connectivity index (χ0) is 23.4.